The smallest absolute Gasteiger partial charge is 0.241 e. The van der Waals surface area contributed by atoms with Crippen molar-refractivity contribution < 1.29 is 9.59 Å². The predicted octanol–water partition coefficient (Wildman–Crippen LogP) is 0.668. The second kappa shape index (κ2) is 7.75. The Labute approximate surface area is 125 Å². The van der Waals surface area contributed by atoms with Gasteiger partial charge < -0.3 is 16.8 Å². The molecule has 0 saturated heterocycles. The van der Waals surface area contributed by atoms with Crippen LogP contribution in [0.2, 0.25) is 0 Å². The van der Waals surface area contributed by atoms with E-state index in [9.17, 15) is 9.59 Å². The van der Waals surface area contributed by atoms with Crippen molar-refractivity contribution in [2.24, 2.45) is 11.5 Å². The van der Waals surface area contributed by atoms with Gasteiger partial charge in [0.2, 0.25) is 11.8 Å². The highest BCUT2D eigenvalue weighted by Gasteiger charge is 2.25. The Balaban J connectivity index is 2.78. The summed E-state index contributed by atoms with van der Waals surface area (Å²) in [6.45, 7) is 6.06. The average molecular weight is 292 g/mol. The number of primary amides is 1. The van der Waals surface area contributed by atoms with E-state index >= 15 is 0 Å². The summed E-state index contributed by atoms with van der Waals surface area (Å²) in [5.41, 5.74) is 12.4. The van der Waals surface area contributed by atoms with Crippen molar-refractivity contribution in [2.75, 3.05) is 11.9 Å². The third-order valence-corrected chi connectivity index (χ3v) is 3.31. The first-order valence-electron chi connectivity index (χ1n) is 6.99. The van der Waals surface area contributed by atoms with Crippen LogP contribution in [-0.2, 0) is 16.1 Å². The molecule has 0 bridgehead atoms. The third-order valence-electron chi connectivity index (χ3n) is 3.31. The fourth-order valence-corrected chi connectivity index (χ4v) is 2.12. The molecule has 5 N–H and O–H groups in total. The fraction of sp³-hybridized carbons (Fsp3) is 0.467. The molecule has 1 unspecified atom stereocenters. The van der Waals surface area contributed by atoms with Crippen LogP contribution in [0.1, 0.15) is 26.3 Å². The summed E-state index contributed by atoms with van der Waals surface area (Å²) in [5.74, 6) is -0.632. The van der Waals surface area contributed by atoms with E-state index in [0.717, 1.165) is 5.56 Å². The van der Waals surface area contributed by atoms with Crippen molar-refractivity contribution in [3.05, 3.63) is 29.8 Å². The van der Waals surface area contributed by atoms with Gasteiger partial charge in [0, 0.05) is 18.3 Å². The van der Waals surface area contributed by atoms with Gasteiger partial charge in [-0.2, -0.15) is 0 Å². The lowest BCUT2D eigenvalue weighted by molar-refractivity contribution is -0.124. The molecular weight excluding hydrogens is 268 g/mol. The van der Waals surface area contributed by atoms with Crippen molar-refractivity contribution in [2.45, 2.75) is 39.4 Å². The molecule has 0 aliphatic rings. The first-order valence-corrected chi connectivity index (χ1v) is 6.99. The molecule has 1 atom stereocenters. The Morgan fingerprint density at radius 2 is 1.95 bits per heavy atom. The van der Waals surface area contributed by atoms with Crippen molar-refractivity contribution in [3.8, 4) is 0 Å². The number of amides is 2. The summed E-state index contributed by atoms with van der Waals surface area (Å²) in [4.78, 5) is 25.2. The summed E-state index contributed by atoms with van der Waals surface area (Å²) in [7, 11) is 0. The topological polar surface area (TPSA) is 101 Å². The number of rotatable bonds is 7. The monoisotopic (exact) mass is 292 g/mol. The van der Waals surface area contributed by atoms with Gasteiger partial charge in [0.25, 0.3) is 0 Å². The van der Waals surface area contributed by atoms with Gasteiger partial charge >= 0.3 is 0 Å². The van der Waals surface area contributed by atoms with E-state index in [1.54, 1.807) is 17.9 Å². The molecule has 6 nitrogen and oxygen atoms in total. The van der Waals surface area contributed by atoms with E-state index in [1.165, 1.54) is 0 Å². The minimum absolute atomic E-state index is 0.0358. The Bertz CT molecular complexity index is 502. The Morgan fingerprint density at radius 1 is 1.29 bits per heavy atom. The average Bonchev–Trinajstić information content (AvgIpc) is 2.43. The molecule has 21 heavy (non-hydrogen) atoms. The second-order valence-electron chi connectivity index (χ2n) is 5.30. The lowest BCUT2D eigenvalue weighted by atomic mass is 10.1. The quantitative estimate of drug-likeness (QED) is 0.687. The van der Waals surface area contributed by atoms with Crippen LogP contribution in [-0.4, -0.2) is 35.3 Å². The molecule has 116 valence electrons. The minimum atomic E-state index is -0.459. The molecule has 6 heteroatoms. The number of anilines is 1. The van der Waals surface area contributed by atoms with Crippen molar-refractivity contribution in [3.63, 3.8) is 0 Å². The zero-order valence-electron chi connectivity index (χ0n) is 12.8. The van der Waals surface area contributed by atoms with Gasteiger partial charge in [0.05, 0.1) is 12.6 Å². The summed E-state index contributed by atoms with van der Waals surface area (Å²) < 4.78 is 0. The number of nitrogens with zero attached hydrogens (tertiary/aromatic N) is 1. The first kappa shape index (κ1) is 17.1. The SMILES string of the molecule is CC(C)N(CC(N)=O)C(C)C(=O)Nc1cccc(CN)c1. The fourth-order valence-electron chi connectivity index (χ4n) is 2.12. The molecular formula is C15H24N4O2. The number of nitrogens with two attached hydrogens (primary N) is 2. The third kappa shape index (κ3) is 5.17. The van der Waals surface area contributed by atoms with E-state index in [2.05, 4.69) is 5.32 Å². The number of carbonyl (C=O) groups excluding carboxylic acids is 2. The van der Waals surface area contributed by atoms with Crippen LogP contribution in [0.4, 0.5) is 5.69 Å². The van der Waals surface area contributed by atoms with E-state index in [0.29, 0.717) is 12.2 Å². The molecule has 1 rings (SSSR count). The van der Waals surface area contributed by atoms with Crippen LogP contribution in [0.25, 0.3) is 0 Å². The van der Waals surface area contributed by atoms with Gasteiger partial charge in [-0.1, -0.05) is 12.1 Å². The van der Waals surface area contributed by atoms with E-state index in [-0.39, 0.29) is 18.5 Å². The number of benzene rings is 1. The molecule has 0 radical (unpaired) electrons. The summed E-state index contributed by atoms with van der Waals surface area (Å²) in [5, 5.41) is 2.84. The van der Waals surface area contributed by atoms with Crippen molar-refractivity contribution in [1.82, 2.24) is 4.90 Å². The molecule has 1 aromatic rings. The maximum atomic E-state index is 12.3. The van der Waals surface area contributed by atoms with E-state index < -0.39 is 11.9 Å². The minimum Gasteiger partial charge on any atom is -0.369 e. The highest BCUT2D eigenvalue weighted by Crippen LogP contribution is 2.12. The van der Waals surface area contributed by atoms with Gasteiger partial charge in [0.1, 0.15) is 0 Å². The van der Waals surface area contributed by atoms with Gasteiger partial charge in [-0.15, -0.1) is 0 Å². The normalized spacial score (nSPS) is 12.5. The molecule has 0 fully saturated rings. The molecule has 0 spiro atoms. The van der Waals surface area contributed by atoms with E-state index in [1.807, 2.05) is 32.0 Å². The van der Waals surface area contributed by atoms with Gasteiger partial charge in [-0.25, -0.2) is 0 Å². The molecule has 0 aromatic heterocycles. The number of hydrogen-bond donors (Lipinski definition) is 3. The van der Waals surface area contributed by atoms with Crippen LogP contribution in [0, 0.1) is 0 Å². The largest absolute Gasteiger partial charge is 0.369 e. The van der Waals surface area contributed by atoms with Crippen LogP contribution in [0.3, 0.4) is 0 Å². The lowest BCUT2D eigenvalue weighted by Gasteiger charge is -2.30. The van der Waals surface area contributed by atoms with Gasteiger partial charge in [-0.3, -0.25) is 14.5 Å². The zero-order chi connectivity index (χ0) is 16.0. The first-order chi connectivity index (χ1) is 9.85. The summed E-state index contributed by atoms with van der Waals surface area (Å²) in [6, 6.07) is 6.95. The summed E-state index contributed by atoms with van der Waals surface area (Å²) in [6.07, 6.45) is 0. The maximum Gasteiger partial charge on any atom is 0.241 e. The van der Waals surface area contributed by atoms with Crippen molar-refractivity contribution >= 4 is 17.5 Å². The molecule has 0 aliphatic heterocycles. The van der Waals surface area contributed by atoms with E-state index in [4.69, 9.17) is 11.5 Å². The van der Waals surface area contributed by atoms with Gasteiger partial charge in [-0.05, 0) is 38.5 Å². The molecule has 0 saturated carbocycles. The second-order valence-corrected chi connectivity index (χ2v) is 5.30. The van der Waals surface area contributed by atoms with Crippen LogP contribution in [0.5, 0.6) is 0 Å². The Morgan fingerprint density at radius 3 is 2.48 bits per heavy atom. The maximum absolute atomic E-state index is 12.3. The van der Waals surface area contributed by atoms with Crippen LogP contribution in [0.15, 0.2) is 24.3 Å². The zero-order valence-corrected chi connectivity index (χ0v) is 12.8. The number of carbonyl (C=O) groups is 2. The number of hydrogen-bond acceptors (Lipinski definition) is 4. The standard InChI is InChI=1S/C15H24N4O2/c1-10(2)19(9-14(17)20)11(3)15(21)18-13-6-4-5-12(7-13)8-16/h4-7,10-11H,8-9,16H2,1-3H3,(H2,17,20)(H,18,21). The lowest BCUT2D eigenvalue weighted by Crippen LogP contribution is -2.49. The molecule has 0 heterocycles. The molecule has 1 aromatic carbocycles. The van der Waals surface area contributed by atoms with Gasteiger partial charge in [0.15, 0.2) is 0 Å². The number of nitrogens with one attached hydrogen (secondary N) is 1. The molecule has 2 amide bonds. The predicted molar refractivity (Wildman–Crippen MR) is 83.5 cm³/mol. The summed E-state index contributed by atoms with van der Waals surface area (Å²) >= 11 is 0. The van der Waals surface area contributed by atoms with Crippen LogP contribution < -0.4 is 16.8 Å². The van der Waals surface area contributed by atoms with Crippen LogP contribution >= 0.6 is 0 Å². The highest BCUT2D eigenvalue weighted by atomic mass is 16.2. The van der Waals surface area contributed by atoms with Crippen molar-refractivity contribution in [1.29, 1.82) is 0 Å². The highest BCUT2D eigenvalue weighted by molar-refractivity contribution is 5.95. The Kier molecular flexibility index (Phi) is 6.33. The Hall–Kier alpha value is -1.92. The molecule has 0 aliphatic carbocycles.